The molecule has 1 atom stereocenters. The highest BCUT2D eigenvalue weighted by Crippen LogP contribution is 2.47. The molecule has 3 aromatic rings. The lowest BCUT2D eigenvalue weighted by atomic mass is 9.82. The summed E-state index contributed by atoms with van der Waals surface area (Å²) in [6, 6.07) is 6.47. The molecule has 13 heteroatoms. The van der Waals surface area contributed by atoms with E-state index in [1.54, 1.807) is 6.07 Å². The van der Waals surface area contributed by atoms with Crippen molar-refractivity contribution in [1.29, 1.82) is 5.26 Å². The highest BCUT2D eigenvalue weighted by atomic mass is 19.2. The van der Waals surface area contributed by atoms with Crippen LogP contribution < -0.4 is 10.5 Å². The normalized spacial score (nSPS) is 15.2. The van der Waals surface area contributed by atoms with Gasteiger partial charge in [-0.25, -0.2) is 22.0 Å². The molecule has 0 spiro atoms. The van der Waals surface area contributed by atoms with Gasteiger partial charge in [0.25, 0.3) is 5.69 Å². The Morgan fingerprint density at radius 2 is 1.72 bits per heavy atom. The van der Waals surface area contributed by atoms with Crippen molar-refractivity contribution in [3.05, 3.63) is 86.0 Å². The van der Waals surface area contributed by atoms with Crippen LogP contribution in [0.4, 0.5) is 27.6 Å². The smallest absolute Gasteiger partial charge is 0.270 e. The number of H-pyrrole nitrogens is 1. The Labute approximate surface area is 174 Å². The summed E-state index contributed by atoms with van der Waals surface area (Å²) in [4.78, 5) is 10.4. The van der Waals surface area contributed by atoms with Gasteiger partial charge in [-0.3, -0.25) is 15.2 Å². The Bertz CT molecular complexity index is 1350. The molecule has 1 unspecified atom stereocenters. The quantitative estimate of drug-likeness (QED) is 0.205. The molecule has 1 aliphatic rings. The van der Waals surface area contributed by atoms with Gasteiger partial charge in [0.2, 0.25) is 17.6 Å². The van der Waals surface area contributed by atoms with Gasteiger partial charge in [-0.1, -0.05) is 12.1 Å². The van der Waals surface area contributed by atoms with Gasteiger partial charge in [0.1, 0.15) is 11.6 Å². The van der Waals surface area contributed by atoms with Gasteiger partial charge in [-0.15, -0.1) is 5.10 Å². The molecule has 1 aliphatic heterocycles. The topological polar surface area (TPSA) is 131 Å². The van der Waals surface area contributed by atoms with Crippen molar-refractivity contribution in [3.63, 3.8) is 0 Å². The Hall–Kier alpha value is -4.47. The summed E-state index contributed by atoms with van der Waals surface area (Å²) in [6.45, 7) is 0. The molecular formula is C19H8F5N5O3. The van der Waals surface area contributed by atoms with Crippen LogP contribution in [0.3, 0.4) is 0 Å². The van der Waals surface area contributed by atoms with Gasteiger partial charge in [0, 0.05) is 23.3 Å². The van der Waals surface area contributed by atoms with E-state index < -0.39 is 62.8 Å². The van der Waals surface area contributed by atoms with E-state index in [1.165, 1.54) is 18.2 Å². The van der Waals surface area contributed by atoms with E-state index in [-0.39, 0.29) is 22.5 Å². The predicted octanol–water partition coefficient (Wildman–Crippen LogP) is 3.90. The molecule has 4 rings (SSSR count). The summed E-state index contributed by atoms with van der Waals surface area (Å²) >= 11 is 0. The first kappa shape index (κ1) is 20.8. The first-order valence-corrected chi connectivity index (χ1v) is 8.59. The Kier molecular flexibility index (Phi) is 4.77. The Morgan fingerprint density at radius 1 is 1.09 bits per heavy atom. The number of aromatic amines is 1. The van der Waals surface area contributed by atoms with Crippen LogP contribution in [0, 0.1) is 50.5 Å². The second-order valence-electron chi connectivity index (χ2n) is 6.53. The molecule has 162 valence electrons. The zero-order valence-electron chi connectivity index (χ0n) is 15.4. The number of fused-ring (bicyclic) bond motifs is 1. The zero-order chi connectivity index (χ0) is 23.3. The molecule has 32 heavy (non-hydrogen) atoms. The maximum Gasteiger partial charge on any atom is 0.270 e. The highest BCUT2D eigenvalue weighted by Gasteiger charge is 2.41. The van der Waals surface area contributed by atoms with E-state index in [0.717, 1.165) is 6.07 Å². The largest absolute Gasteiger partial charge is 0.420 e. The summed E-state index contributed by atoms with van der Waals surface area (Å²) in [7, 11) is 0. The fraction of sp³-hybridized carbons (Fsp3) is 0.0526. The number of nitro groups is 1. The number of ether oxygens (including phenoxy) is 1. The van der Waals surface area contributed by atoms with E-state index in [2.05, 4.69) is 10.2 Å². The van der Waals surface area contributed by atoms with Crippen molar-refractivity contribution in [3.8, 4) is 23.2 Å². The van der Waals surface area contributed by atoms with Gasteiger partial charge < -0.3 is 10.5 Å². The van der Waals surface area contributed by atoms with Crippen molar-refractivity contribution in [2.75, 3.05) is 0 Å². The van der Waals surface area contributed by atoms with Crippen LogP contribution >= 0.6 is 0 Å². The molecule has 0 aliphatic carbocycles. The molecule has 0 saturated heterocycles. The molecule has 0 saturated carbocycles. The second-order valence-corrected chi connectivity index (χ2v) is 6.53. The van der Waals surface area contributed by atoms with E-state index in [0.29, 0.717) is 0 Å². The van der Waals surface area contributed by atoms with E-state index in [4.69, 9.17) is 10.5 Å². The molecule has 0 fully saturated rings. The molecule has 3 N–H and O–H groups in total. The fourth-order valence-corrected chi connectivity index (χ4v) is 3.40. The third kappa shape index (κ3) is 2.92. The number of hydrogen-bond donors (Lipinski definition) is 2. The van der Waals surface area contributed by atoms with Crippen molar-refractivity contribution in [2.45, 2.75) is 5.92 Å². The lowest BCUT2D eigenvalue weighted by molar-refractivity contribution is -0.384. The van der Waals surface area contributed by atoms with Gasteiger partial charge in [0.05, 0.1) is 22.1 Å². The van der Waals surface area contributed by atoms with Crippen molar-refractivity contribution >= 4 is 5.69 Å². The molecule has 2 aromatic carbocycles. The van der Waals surface area contributed by atoms with Crippen LogP contribution in [-0.4, -0.2) is 15.1 Å². The first-order chi connectivity index (χ1) is 15.2. The predicted molar refractivity (Wildman–Crippen MR) is 96.2 cm³/mol. The van der Waals surface area contributed by atoms with Gasteiger partial charge in [-0.2, -0.15) is 5.26 Å². The number of aromatic nitrogens is 2. The lowest BCUT2D eigenvalue weighted by Crippen LogP contribution is -2.23. The van der Waals surface area contributed by atoms with Crippen LogP contribution in [0.25, 0.3) is 11.3 Å². The van der Waals surface area contributed by atoms with E-state index >= 15 is 0 Å². The van der Waals surface area contributed by atoms with Crippen LogP contribution in [0.2, 0.25) is 0 Å². The van der Waals surface area contributed by atoms with Crippen LogP contribution in [0.15, 0.2) is 35.7 Å². The summed E-state index contributed by atoms with van der Waals surface area (Å²) < 4.78 is 76.0. The number of nitriles is 1. The molecular weight excluding hydrogens is 441 g/mol. The number of allylic oxidation sites excluding steroid dienone is 1. The zero-order valence-corrected chi connectivity index (χ0v) is 15.4. The van der Waals surface area contributed by atoms with Crippen LogP contribution in [-0.2, 0) is 0 Å². The van der Waals surface area contributed by atoms with Crippen LogP contribution in [0.1, 0.15) is 17.0 Å². The summed E-state index contributed by atoms with van der Waals surface area (Å²) in [5, 5.41) is 26.8. The van der Waals surface area contributed by atoms with E-state index in [1.807, 2.05) is 0 Å². The Morgan fingerprint density at radius 3 is 2.31 bits per heavy atom. The lowest BCUT2D eigenvalue weighted by Gasteiger charge is -2.25. The SMILES string of the molecule is N#CC1=C(N)Oc2n[nH]c(-c3cccc([N+](=O)[O-])c3)c2C1c1c(F)c(F)c(F)c(F)c1F. The average molecular weight is 449 g/mol. The number of hydrogen-bond acceptors (Lipinski definition) is 6. The van der Waals surface area contributed by atoms with Crippen molar-refractivity contribution < 1.29 is 31.6 Å². The minimum atomic E-state index is -2.38. The number of benzene rings is 2. The summed E-state index contributed by atoms with van der Waals surface area (Å²) in [5.41, 5.74) is 2.95. The third-order valence-electron chi connectivity index (χ3n) is 4.82. The molecule has 2 heterocycles. The molecule has 0 amide bonds. The molecule has 1 aromatic heterocycles. The standard InChI is InChI=1S/C19H8F5N5O3/c20-12-10(13(21)15(23)16(24)14(12)22)9-8(5-25)18(26)32-19-11(9)17(27-28-19)6-2-1-3-7(4-6)29(30)31/h1-4,9H,26H2,(H,27,28). The number of nitrogens with two attached hydrogens (primary N) is 1. The van der Waals surface area contributed by atoms with E-state index in [9.17, 15) is 37.3 Å². The minimum absolute atomic E-state index is 0.0724. The minimum Gasteiger partial charge on any atom is -0.420 e. The number of non-ortho nitro benzene ring substituents is 1. The summed E-state index contributed by atoms with van der Waals surface area (Å²) in [5.74, 6) is -14.1. The fourth-order valence-electron chi connectivity index (χ4n) is 3.40. The first-order valence-electron chi connectivity index (χ1n) is 8.59. The van der Waals surface area contributed by atoms with Gasteiger partial charge in [0.15, 0.2) is 23.3 Å². The number of halogens is 5. The maximum atomic E-state index is 14.7. The van der Waals surface area contributed by atoms with Crippen molar-refractivity contribution in [1.82, 2.24) is 10.2 Å². The number of nitrogens with one attached hydrogen (secondary N) is 1. The number of rotatable bonds is 3. The highest BCUT2D eigenvalue weighted by molar-refractivity contribution is 5.72. The van der Waals surface area contributed by atoms with Gasteiger partial charge >= 0.3 is 0 Å². The number of nitro benzene ring substituents is 1. The van der Waals surface area contributed by atoms with Gasteiger partial charge in [-0.05, 0) is 0 Å². The second kappa shape index (κ2) is 7.34. The van der Waals surface area contributed by atoms with Crippen LogP contribution in [0.5, 0.6) is 5.88 Å². The summed E-state index contributed by atoms with van der Waals surface area (Å²) in [6.07, 6.45) is 0. The molecule has 0 radical (unpaired) electrons. The van der Waals surface area contributed by atoms with Crippen molar-refractivity contribution in [2.24, 2.45) is 5.73 Å². The molecule has 8 nitrogen and oxygen atoms in total. The monoisotopic (exact) mass is 449 g/mol. The molecule has 0 bridgehead atoms. The number of nitrogens with zero attached hydrogens (tertiary/aromatic N) is 3. The Balaban J connectivity index is 2.05. The third-order valence-corrected chi connectivity index (χ3v) is 4.82. The average Bonchev–Trinajstić information content (AvgIpc) is 3.19. The maximum absolute atomic E-state index is 14.7.